The average molecular weight is 322 g/mol. The summed E-state index contributed by atoms with van der Waals surface area (Å²) in [5.41, 5.74) is 8.34. The van der Waals surface area contributed by atoms with E-state index in [1.165, 1.54) is 39.8 Å². The Morgan fingerprint density at radius 2 is 1.58 bits per heavy atom. The van der Waals surface area contributed by atoms with Crippen LogP contribution in [0.15, 0.2) is 36.4 Å². The zero-order valence-corrected chi connectivity index (χ0v) is 15.5. The first-order valence-corrected chi connectivity index (χ1v) is 9.15. The molecule has 1 atom stereocenters. The predicted octanol–water partition coefficient (Wildman–Crippen LogP) is 4.30. The van der Waals surface area contributed by atoms with E-state index in [0.29, 0.717) is 6.04 Å². The summed E-state index contributed by atoms with van der Waals surface area (Å²) in [4.78, 5) is 2.66. The standard InChI is InChI=1S/C22H30N2/c1-16-6-7-19(4)21(15-16)22(24-10-5-8-23-9-11-24)20-13-17(2)12-18(3)14-20/h6-7,12-15,22-23H,5,8-11H2,1-4H3. The van der Waals surface area contributed by atoms with Gasteiger partial charge in [0.05, 0.1) is 6.04 Å². The van der Waals surface area contributed by atoms with Crippen molar-refractivity contribution in [1.82, 2.24) is 10.2 Å². The molecule has 0 radical (unpaired) electrons. The molecular weight excluding hydrogens is 292 g/mol. The van der Waals surface area contributed by atoms with Gasteiger partial charge in [-0.1, -0.05) is 53.1 Å². The van der Waals surface area contributed by atoms with Crippen LogP contribution in [0.3, 0.4) is 0 Å². The van der Waals surface area contributed by atoms with Gasteiger partial charge in [0.25, 0.3) is 0 Å². The highest BCUT2D eigenvalue weighted by Crippen LogP contribution is 2.33. The van der Waals surface area contributed by atoms with Crippen molar-refractivity contribution in [2.24, 2.45) is 0 Å². The highest BCUT2D eigenvalue weighted by Gasteiger charge is 2.25. The van der Waals surface area contributed by atoms with Gasteiger partial charge in [0.2, 0.25) is 0 Å². The molecule has 24 heavy (non-hydrogen) atoms. The molecule has 0 amide bonds. The van der Waals surface area contributed by atoms with Crippen LogP contribution in [0.1, 0.15) is 45.8 Å². The van der Waals surface area contributed by atoms with E-state index in [-0.39, 0.29) is 0 Å². The van der Waals surface area contributed by atoms with Crippen molar-refractivity contribution in [3.8, 4) is 0 Å². The fourth-order valence-electron chi connectivity index (χ4n) is 3.93. The lowest BCUT2D eigenvalue weighted by Gasteiger charge is -2.33. The minimum atomic E-state index is 0.350. The van der Waals surface area contributed by atoms with Crippen molar-refractivity contribution < 1.29 is 0 Å². The zero-order chi connectivity index (χ0) is 17.1. The number of benzene rings is 2. The maximum atomic E-state index is 3.54. The van der Waals surface area contributed by atoms with Gasteiger partial charge < -0.3 is 5.32 Å². The predicted molar refractivity (Wildman–Crippen MR) is 103 cm³/mol. The molecule has 1 unspecified atom stereocenters. The summed E-state index contributed by atoms with van der Waals surface area (Å²) in [7, 11) is 0. The topological polar surface area (TPSA) is 15.3 Å². The second-order valence-corrected chi connectivity index (χ2v) is 7.32. The smallest absolute Gasteiger partial charge is 0.0605 e. The van der Waals surface area contributed by atoms with E-state index in [0.717, 1.165) is 26.2 Å². The second-order valence-electron chi connectivity index (χ2n) is 7.32. The fraction of sp³-hybridized carbons (Fsp3) is 0.455. The lowest BCUT2D eigenvalue weighted by atomic mass is 9.90. The average Bonchev–Trinajstić information content (AvgIpc) is 2.79. The van der Waals surface area contributed by atoms with Crippen molar-refractivity contribution in [2.75, 3.05) is 26.2 Å². The molecular formula is C22H30N2. The van der Waals surface area contributed by atoms with Gasteiger partial charge >= 0.3 is 0 Å². The van der Waals surface area contributed by atoms with Gasteiger partial charge in [0.1, 0.15) is 0 Å². The maximum absolute atomic E-state index is 3.54. The van der Waals surface area contributed by atoms with E-state index in [1.807, 2.05) is 0 Å². The monoisotopic (exact) mass is 322 g/mol. The maximum Gasteiger partial charge on any atom is 0.0605 e. The SMILES string of the molecule is Cc1cc(C)cc(C(c2cc(C)ccc2C)N2CCCNCC2)c1. The van der Waals surface area contributed by atoms with Crippen LogP contribution in [0.2, 0.25) is 0 Å². The molecule has 1 saturated heterocycles. The molecule has 0 aliphatic carbocycles. The molecule has 0 aromatic heterocycles. The molecule has 128 valence electrons. The molecule has 3 rings (SSSR count). The molecule has 2 aromatic rings. The van der Waals surface area contributed by atoms with E-state index in [1.54, 1.807) is 0 Å². The summed E-state index contributed by atoms with van der Waals surface area (Å²) >= 11 is 0. The van der Waals surface area contributed by atoms with Gasteiger partial charge in [-0.25, -0.2) is 0 Å². The molecule has 1 heterocycles. The van der Waals surface area contributed by atoms with Gasteiger partial charge in [0, 0.05) is 19.6 Å². The fourth-order valence-corrected chi connectivity index (χ4v) is 3.93. The number of nitrogens with zero attached hydrogens (tertiary/aromatic N) is 1. The highest BCUT2D eigenvalue weighted by atomic mass is 15.2. The van der Waals surface area contributed by atoms with Gasteiger partial charge in [0.15, 0.2) is 0 Å². The van der Waals surface area contributed by atoms with Crippen LogP contribution in [-0.2, 0) is 0 Å². The molecule has 1 fully saturated rings. The number of rotatable bonds is 3. The van der Waals surface area contributed by atoms with Crippen LogP contribution >= 0.6 is 0 Å². The summed E-state index contributed by atoms with van der Waals surface area (Å²) in [6.45, 7) is 13.3. The third-order valence-corrected chi connectivity index (χ3v) is 5.03. The summed E-state index contributed by atoms with van der Waals surface area (Å²) in [5.74, 6) is 0. The van der Waals surface area contributed by atoms with Crippen LogP contribution < -0.4 is 5.32 Å². The number of nitrogens with one attached hydrogen (secondary N) is 1. The van der Waals surface area contributed by atoms with Crippen LogP contribution in [0, 0.1) is 27.7 Å². The Kier molecular flexibility index (Phi) is 5.37. The molecule has 0 saturated carbocycles. The van der Waals surface area contributed by atoms with Gasteiger partial charge in [-0.2, -0.15) is 0 Å². The van der Waals surface area contributed by atoms with Gasteiger partial charge in [-0.05, 0) is 57.4 Å². The van der Waals surface area contributed by atoms with E-state index in [4.69, 9.17) is 0 Å². The van der Waals surface area contributed by atoms with E-state index < -0.39 is 0 Å². The van der Waals surface area contributed by atoms with Crippen LogP contribution in [0.4, 0.5) is 0 Å². The molecule has 0 bridgehead atoms. The van der Waals surface area contributed by atoms with Crippen molar-refractivity contribution in [2.45, 2.75) is 40.2 Å². The third kappa shape index (κ3) is 3.88. The highest BCUT2D eigenvalue weighted by molar-refractivity contribution is 5.41. The Morgan fingerprint density at radius 3 is 2.33 bits per heavy atom. The Balaban J connectivity index is 2.10. The number of hydrogen-bond donors (Lipinski definition) is 1. The largest absolute Gasteiger partial charge is 0.315 e. The number of aryl methyl sites for hydroxylation is 4. The van der Waals surface area contributed by atoms with Crippen LogP contribution in [0.25, 0.3) is 0 Å². The summed E-state index contributed by atoms with van der Waals surface area (Å²) in [6.07, 6.45) is 1.21. The van der Waals surface area contributed by atoms with Crippen LogP contribution in [0.5, 0.6) is 0 Å². The molecule has 2 aromatic carbocycles. The Morgan fingerprint density at radius 1 is 0.833 bits per heavy atom. The quantitative estimate of drug-likeness (QED) is 0.906. The van der Waals surface area contributed by atoms with Crippen molar-refractivity contribution in [3.05, 3.63) is 69.8 Å². The summed E-state index contributed by atoms with van der Waals surface area (Å²) in [5, 5.41) is 3.54. The second kappa shape index (κ2) is 7.50. The lowest BCUT2D eigenvalue weighted by molar-refractivity contribution is 0.240. The molecule has 1 aliphatic rings. The third-order valence-electron chi connectivity index (χ3n) is 5.03. The van der Waals surface area contributed by atoms with Crippen LogP contribution in [-0.4, -0.2) is 31.1 Å². The van der Waals surface area contributed by atoms with E-state index in [9.17, 15) is 0 Å². The van der Waals surface area contributed by atoms with Gasteiger partial charge in [-0.15, -0.1) is 0 Å². The Hall–Kier alpha value is -1.64. The molecule has 0 spiro atoms. The number of hydrogen-bond acceptors (Lipinski definition) is 2. The first kappa shape index (κ1) is 17.2. The minimum Gasteiger partial charge on any atom is -0.315 e. The van der Waals surface area contributed by atoms with Crippen molar-refractivity contribution in [3.63, 3.8) is 0 Å². The molecule has 2 heteroatoms. The summed E-state index contributed by atoms with van der Waals surface area (Å²) in [6, 6.07) is 14.3. The van der Waals surface area contributed by atoms with Gasteiger partial charge in [-0.3, -0.25) is 4.90 Å². The lowest BCUT2D eigenvalue weighted by Crippen LogP contribution is -2.33. The van der Waals surface area contributed by atoms with Crippen molar-refractivity contribution in [1.29, 1.82) is 0 Å². The van der Waals surface area contributed by atoms with Crippen molar-refractivity contribution >= 4 is 0 Å². The van der Waals surface area contributed by atoms with E-state index >= 15 is 0 Å². The Labute approximate surface area is 146 Å². The zero-order valence-electron chi connectivity index (χ0n) is 15.5. The first-order chi connectivity index (χ1) is 11.5. The molecule has 1 aliphatic heterocycles. The summed E-state index contributed by atoms with van der Waals surface area (Å²) < 4.78 is 0. The normalized spacial score (nSPS) is 17.5. The van der Waals surface area contributed by atoms with E-state index in [2.05, 4.69) is 74.3 Å². The Bertz CT molecular complexity index is 677. The molecule has 2 nitrogen and oxygen atoms in total. The molecule has 1 N–H and O–H groups in total. The first-order valence-electron chi connectivity index (χ1n) is 9.15. The minimum absolute atomic E-state index is 0.350.